The molecule has 204 valence electrons. The molecule has 0 bridgehead atoms. The number of aromatic amines is 1. The highest BCUT2D eigenvalue weighted by Crippen LogP contribution is 2.55. The van der Waals surface area contributed by atoms with Gasteiger partial charge in [-0.3, -0.25) is 23.2 Å². The van der Waals surface area contributed by atoms with E-state index in [4.69, 9.17) is 19.9 Å². The van der Waals surface area contributed by atoms with E-state index in [0.29, 0.717) is 0 Å². The van der Waals surface area contributed by atoms with Crippen molar-refractivity contribution in [3.05, 3.63) is 63.4 Å². The Morgan fingerprint density at radius 3 is 2.54 bits per heavy atom. The Morgan fingerprint density at radius 2 is 1.89 bits per heavy atom. The Balaban J connectivity index is 1.76. The van der Waals surface area contributed by atoms with Crippen molar-refractivity contribution in [1.29, 1.82) is 0 Å². The van der Waals surface area contributed by atoms with Crippen molar-refractivity contribution < 1.29 is 51.9 Å². The number of aliphatic hydroxyl groups is 1. The Bertz CT molecular complexity index is 1280. The topological polar surface area (TPSA) is 245 Å². The summed E-state index contributed by atoms with van der Waals surface area (Å²) in [7, 11) is -10.3. The number of carbonyl (C=O) groups excluding carboxylic acids is 1. The zero-order chi connectivity index (χ0) is 27.2. The van der Waals surface area contributed by atoms with E-state index in [9.17, 15) is 38.4 Å². The second kappa shape index (κ2) is 12.3. The van der Waals surface area contributed by atoms with Gasteiger partial charge < -0.3 is 43.9 Å². The predicted molar refractivity (Wildman–Crippen MR) is 119 cm³/mol. The second-order valence-corrected chi connectivity index (χ2v) is 11.1. The van der Waals surface area contributed by atoms with Crippen LogP contribution in [0, 0.1) is 0 Å². The molecule has 3 rings (SSSR count). The number of para-hydroxylation sites is 1. The second-order valence-electron chi connectivity index (χ2n) is 7.62. The molecule has 16 nitrogen and oxygen atoms in total. The number of rotatable bonds is 11. The third kappa shape index (κ3) is 8.17. The minimum absolute atomic E-state index is 0.0265. The van der Waals surface area contributed by atoms with Crippen LogP contribution in [0.25, 0.3) is 0 Å². The molecule has 2 aromatic rings. The standard InChI is InChI=1S/C19H25N3O13P2/c20-8-4-10-36(27,28)35-37(29,30)31-11-13-15(24)16(34-19(26)32-12-5-2-1-3-6-12)17(33-13)22-9-7-14(23)21-18(22)25/h1-3,5-7,9,13,15-17,24H,4,8,10-11,20H2,(H,27,28)(H,29,30)(H,21,23,25)/p-2/t13-,15+,16?,17-/m1/s1. The van der Waals surface area contributed by atoms with E-state index in [0.717, 1.165) is 16.8 Å². The molecule has 1 fully saturated rings. The number of benzene rings is 1. The summed E-state index contributed by atoms with van der Waals surface area (Å²) in [6, 6.07) is 8.65. The smallest absolute Gasteiger partial charge is 0.514 e. The van der Waals surface area contributed by atoms with Crippen LogP contribution in [-0.2, 0) is 27.4 Å². The number of ether oxygens (including phenoxy) is 3. The van der Waals surface area contributed by atoms with E-state index in [1.54, 1.807) is 18.2 Å². The summed E-state index contributed by atoms with van der Waals surface area (Å²) in [4.78, 5) is 61.8. The Morgan fingerprint density at radius 1 is 1.19 bits per heavy atom. The normalized spacial score (nSPS) is 24.6. The van der Waals surface area contributed by atoms with E-state index in [1.807, 2.05) is 4.98 Å². The van der Waals surface area contributed by atoms with E-state index in [-0.39, 0.29) is 18.7 Å². The van der Waals surface area contributed by atoms with Crippen molar-refractivity contribution in [2.24, 2.45) is 5.73 Å². The third-order valence-electron chi connectivity index (χ3n) is 4.87. The summed E-state index contributed by atoms with van der Waals surface area (Å²) in [5.74, 6) is 0.0969. The molecule has 0 aliphatic carbocycles. The van der Waals surface area contributed by atoms with Crippen LogP contribution in [0.15, 0.2) is 52.2 Å². The van der Waals surface area contributed by atoms with Crippen LogP contribution in [0.3, 0.4) is 0 Å². The summed E-state index contributed by atoms with van der Waals surface area (Å²) in [6.07, 6.45) is -7.62. The largest absolute Gasteiger partial charge is 0.778 e. The Labute approximate surface area is 208 Å². The molecule has 6 atom stereocenters. The van der Waals surface area contributed by atoms with E-state index in [1.165, 1.54) is 12.1 Å². The van der Waals surface area contributed by atoms with Gasteiger partial charge in [0.2, 0.25) is 0 Å². The van der Waals surface area contributed by atoms with Crippen LogP contribution in [0.2, 0.25) is 0 Å². The van der Waals surface area contributed by atoms with Crippen molar-refractivity contribution in [1.82, 2.24) is 9.55 Å². The number of H-pyrrole nitrogens is 1. The molecule has 4 N–H and O–H groups in total. The molecule has 18 heteroatoms. The van der Waals surface area contributed by atoms with Gasteiger partial charge >= 0.3 is 11.8 Å². The van der Waals surface area contributed by atoms with Crippen molar-refractivity contribution in [3.8, 4) is 5.75 Å². The number of nitrogens with two attached hydrogens (primary N) is 1. The molecule has 1 aliphatic rings. The van der Waals surface area contributed by atoms with E-state index >= 15 is 0 Å². The van der Waals surface area contributed by atoms with Crippen molar-refractivity contribution >= 4 is 21.6 Å². The molecule has 1 aromatic carbocycles. The number of nitrogens with one attached hydrogen (secondary N) is 1. The van der Waals surface area contributed by atoms with Gasteiger partial charge in [0.1, 0.15) is 25.6 Å². The average molecular weight is 563 g/mol. The number of phosphoric ester groups is 1. The van der Waals surface area contributed by atoms with Crippen LogP contribution in [0.1, 0.15) is 12.6 Å². The number of nitrogens with zero attached hydrogens (tertiary/aromatic N) is 1. The van der Waals surface area contributed by atoms with Crippen molar-refractivity contribution in [3.63, 3.8) is 0 Å². The minimum atomic E-state index is -5.44. The fourth-order valence-corrected chi connectivity index (χ4v) is 5.85. The quantitative estimate of drug-likeness (QED) is 0.165. The highest BCUT2D eigenvalue weighted by atomic mass is 31.3. The summed E-state index contributed by atoms with van der Waals surface area (Å²) in [5.41, 5.74) is 3.45. The summed E-state index contributed by atoms with van der Waals surface area (Å²) >= 11 is 0. The first-order chi connectivity index (χ1) is 17.4. The van der Waals surface area contributed by atoms with Gasteiger partial charge in [0.15, 0.2) is 12.3 Å². The third-order valence-corrected chi connectivity index (χ3v) is 8.00. The number of aromatic nitrogens is 2. The number of carbonyl (C=O) groups is 1. The molecular formula is C19H23N3O13P2-2. The molecule has 1 saturated heterocycles. The Hall–Kier alpha value is -2.65. The number of aliphatic hydroxyl groups excluding tert-OH is 1. The van der Waals surface area contributed by atoms with Crippen LogP contribution < -0.4 is 31.5 Å². The van der Waals surface area contributed by atoms with E-state index < -0.39 is 70.1 Å². The van der Waals surface area contributed by atoms with Crippen LogP contribution in [0.4, 0.5) is 4.79 Å². The minimum Gasteiger partial charge on any atom is -0.778 e. The molecule has 0 spiro atoms. The highest BCUT2D eigenvalue weighted by molar-refractivity contribution is 7.62. The van der Waals surface area contributed by atoms with Gasteiger partial charge in [0, 0.05) is 18.4 Å². The first-order valence-corrected chi connectivity index (χ1v) is 13.9. The lowest BCUT2D eigenvalue weighted by Gasteiger charge is -2.32. The lowest BCUT2D eigenvalue weighted by Crippen LogP contribution is -2.41. The summed E-state index contributed by atoms with van der Waals surface area (Å²) in [5, 5.41) is 10.7. The fraction of sp³-hybridized carbons (Fsp3) is 0.421. The van der Waals surface area contributed by atoms with Gasteiger partial charge in [-0.25, -0.2) is 9.59 Å². The molecule has 2 heterocycles. The maximum Gasteiger partial charge on any atom is 0.514 e. The summed E-state index contributed by atoms with van der Waals surface area (Å²) < 4.78 is 48.9. The van der Waals surface area contributed by atoms with E-state index in [2.05, 4.69) is 8.83 Å². The van der Waals surface area contributed by atoms with Gasteiger partial charge in [0.05, 0.1) is 6.61 Å². The average Bonchev–Trinajstić information content (AvgIpc) is 3.11. The monoisotopic (exact) mass is 563 g/mol. The maximum atomic E-state index is 12.3. The zero-order valence-corrected chi connectivity index (χ0v) is 20.7. The first-order valence-electron chi connectivity index (χ1n) is 10.7. The molecule has 1 aromatic heterocycles. The predicted octanol–water partition coefficient (Wildman–Crippen LogP) is -1.22. The Kier molecular flexibility index (Phi) is 9.58. The molecule has 1 aliphatic heterocycles. The fourth-order valence-electron chi connectivity index (χ4n) is 3.22. The number of phosphoric acid groups is 1. The molecule has 0 saturated carbocycles. The molecule has 37 heavy (non-hydrogen) atoms. The van der Waals surface area contributed by atoms with Gasteiger partial charge in [-0.1, -0.05) is 18.2 Å². The van der Waals surface area contributed by atoms with Gasteiger partial charge in [-0.05, 0) is 25.1 Å². The molecule has 3 unspecified atom stereocenters. The van der Waals surface area contributed by atoms with Crippen molar-refractivity contribution in [2.75, 3.05) is 19.3 Å². The molecule has 0 amide bonds. The van der Waals surface area contributed by atoms with Crippen LogP contribution in [0.5, 0.6) is 5.75 Å². The number of hydrogen-bond acceptors (Lipinski definition) is 14. The SMILES string of the molecule is NCCCP(=O)([O-])OP(=O)([O-])OC[C@H]1O[C@@H](n2ccc(=O)[nH]c2=O)C(OC(=O)Oc2ccccc2)[C@H]1O. The lowest BCUT2D eigenvalue weighted by atomic mass is 10.1. The van der Waals surface area contributed by atoms with Crippen LogP contribution >= 0.6 is 15.4 Å². The van der Waals surface area contributed by atoms with Gasteiger partial charge in [-0.2, -0.15) is 0 Å². The van der Waals surface area contributed by atoms with Gasteiger partial charge in [-0.15, -0.1) is 0 Å². The number of hydrogen-bond donors (Lipinski definition) is 3. The van der Waals surface area contributed by atoms with Crippen LogP contribution in [-0.4, -0.2) is 58.4 Å². The lowest BCUT2D eigenvalue weighted by molar-refractivity contribution is -0.233. The van der Waals surface area contributed by atoms with Crippen molar-refractivity contribution in [2.45, 2.75) is 31.0 Å². The maximum absolute atomic E-state index is 12.3. The van der Waals surface area contributed by atoms with Gasteiger partial charge in [0.25, 0.3) is 13.4 Å². The molecule has 0 radical (unpaired) electrons. The first kappa shape index (κ1) is 28.9. The highest BCUT2D eigenvalue weighted by Gasteiger charge is 2.48. The summed E-state index contributed by atoms with van der Waals surface area (Å²) in [6.45, 7) is -1.01. The zero-order valence-electron chi connectivity index (χ0n) is 18.9. The molecular weight excluding hydrogens is 540 g/mol.